The standard InChI is InChI=1S/C22H24ClN3O2/c1-26-10-2-3-15(13-26)14-28-18-7-5-17(6-8-18)24-12-20-19-11-16(23)4-9-21(19)25-22(20)27/h4-9,11-12,15,25,27H,2-3,10,13-14H2,1H3. The Kier molecular flexibility index (Phi) is 5.55. The molecule has 4 rings (SSSR count). The van der Waals surface area contributed by atoms with E-state index in [0.29, 0.717) is 16.5 Å². The van der Waals surface area contributed by atoms with Crippen LogP contribution in [0, 0.1) is 5.92 Å². The van der Waals surface area contributed by atoms with Crippen molar-refractivity contribution in [3.8, 4) is 11.6 Å². The average molecular weight is 398 g/mol. The molecule has 0 radical (unpaired) electrons. The van der Waals surface area contributed by atoms with Gasteiger partial charge in [-0.3, -0.25) is 4.99 Å². The molecule has 28 heavy (non-hydrogen) atoms. The van der Waals surface area contributed by atoms with Gasteiger partial charge in [0.05, 0.1) is 17.9 Å². The number of aliphatic imine (C=N–C) groups is 1. The number of aromatic amines is 1. The van der Waals surface area contributed by atoms with E-state index in [1.54, 1.807) is 12.3 Å². The molecular formula is C22H24ClN3O2. The number of nitrogens with one attached hydrogen (secondary N) is 1. The van der Waals surface area contributed by atoms with Crippen LogP contribution in [0.5, 0.6) is 11.6 Å². The van der Waals surface area contributed by atoms with Gasteiger partial charge in [-0.1, -0.05) is 11.6 Å². The second-order valence-corrected chi connectivity index (χ2v) is 7.85. The van der Waals surface area contributed by atoms with Crippen LogP contribution in [0.15, 0.2) is 47.5 Å². The average Bonchev–Trinajstić information content (AvgIpc) is 3.00. The normalized spacial score (nSPS) is 18.1. The summed E-state index contributed by atoms with van der Waals surface area (Å²) in [6.45, 7) is 3.03. The second-order valence-electron chi connectivity index (χ2n) is 7.41. The largest absolute Gasteiger partial charge is 0.494 e. The van der Waals surface area contributed by atoms with Gasteiger partial charge < -0.3 is 19.7 Å². The van der Waals surface area contributed by atoms with Crippen molar-refractivity contribution < 1.29 is 9.84 Å². The van der Waals surface area contributed by atoms with Gasteiger partial charge in [-0.05, 0) is 68.9 Å². The molecule has 2 heterocycles. The first-order valence-electron chi connectivity index (χ1n) is 9.54. The zero-order valence-electron chi connectivity index (χ0n) is 15.9. The quantitative estimate of drug-likeness (QED) is 0.595. The Labute approximate surface area is 169 Å². The molecule has 1 saturated heterocycles. The van der Waals surface area contributed by atoms with Gasteiger partial charge in [0.1, 0.15) is 5.75 Å². The first-order chi connectivity index (χ1) is 13.6. The number of hydrogen-bond donors (Lipinski definition) is 2. The number of likely N-dealkylation sites (tertiary alicyclic amines) is 1. The van der Waals surface area contributed by atoms with E-state index in [9.17, 15) is 5.11 Å². The van der Waals surface area contributed by atoms with Gasteiger partial charge >= 0.3 is 0 Å². The molecule has 3 aromatic rings. The Balaban J connectivity index is 1.42. The number of benzene rings is 2. The third-order valence-electron chi connectivity index (χ3n) is 5.17. The van der Waals surface area contributed by atoms with Gasteiger partial charge in [0.25, 0.3) is 0 Å². The molecule has 5 nitrogen and oxygen atoms in total. The molecule has 0 spiro atoms. The summed E-state index contributed by atoms with van der Waals surface area (Å²) in [7, 11) is 2.17. The van der Waals surface area contributed by atoms with Crippen LogP contribution in [0.25, 0.3) is 10.9 Å². The molecule has 6 heteroatoms. The van der Waals surface area contributed by atoms with Crippen molar-refractivity contribution in [2.75, 3.05) is 26.7 Å². The van der Waals surface area contributed by atoms with Gasteiger partial charge in [0.15, 0.2) is 5.88 Å². The van der Waals surface area contributed by atoms with Crippen LogP contribution in [0.1, 0.15) is 18.4 Å². The highest BCUT2D eigenvalue weighted by Gasteiger charge is 2.17. The molecule has 1 atom stereocenters. The molecule has 1 unspecified atom stereocenters. The summed E-state index contributed by atoms with van der Waals surface area (Å²) in [6.07, 6.45) is 4.12. The lowest BCUT2D eigenvalue weighted by Crippen LogP contribution is -2.34. The van der Waals surface area contributed by atoms with Gasteiger partial charge in [-0.25, -0.2) is 0 Å². The minimum atomic E-state index is 0.0819. The van der Waals surface area contributed by atoms with Crippen LogP contribution in [-0.4, -0.2) is 47.9 Å². The molecule has 1 aliphatic heterocycles. The van der Waals surface area contributed by atoms with Crippen LogP contribution in [-0.2, 0) is 0 Å². The van der Waals surface area contributed by atoms with Gasteiger partial charge in [0, 0.05) is 34.6 Å². The fourth-order valence-electron chi connectivity index (χ4n) is 3.69. The van der Waals surface area contributed by atoms with E-state index < -0.39 is 0 Å². The van der Waals surface area contributed by atoms with E-state index in [0.717, 1.165) is 35.5 Å². The molecular weight excluding hydrogens is 374 g/mol. The van der Waals surface area contributed by atoms with Crippen molar-refractivity contribution in [3.63, 3.8) is 0 Å². The van der Waals surface area contributed by atoms with Crippen LogP contribution in [0.4, 0.5) is 5.69 Å². The third kappa shape index (κ3) is 4.32. The maximum Gasteiger partial charge on any atom is 0.198 e. The van der Waals surface area contributed by atoms with E-state index in [4.69, 9.17) is 16.3 Å². The van der Waals surface area contributed by atoms with Crippen molar-refractivity contribution in [2.45, 2.75) is 12.8 Å². The zero-order chi connectivity index (χ0) is 19.5. The number of ether oxygens (including phenoxy) is 1. The van der Waals surface area contributed by atoms with Gasteiger partial charge in [0.2, 0.25) is 0 Å². The topological polar surface area (TPSA) is 60.9 Å². The summed E-state index contributed by atoms with van der Waals surface area (Å²) in [4.78, 5) is 9.78. The highest BCUT2D eigenvalue weighted by Crippen LogP contribution is 2.29. The first-order valence-corrected chi connectivity index (χ1v) is 9.92. The summed E-state index contributed by atoms with van der Waals surface area (Å²) < 4.78 is 5.95. The molecule has 1 aromatic heterocycles. The molecule has 0 saturated carbocycles. The fourth-order valence-corrected chi connectivity index (χ4v) is 3.86. The fraction of sp³-hybridized carbons (Fsp3) is 0.318. The molecule has 0 aliphatic carbocycles. The SMILES string of the molecule is CN1CCCC(COc2ccc(N=Cc3c(O)[nH]c4ccc(Cl)cc34)cc2)C1. The van der Waals surface area contributed by atoms with Crippen LogP contribution in [0.2, 0.25) is 5.02 Å². The van der Waals surface area contributed by atoms with E-state index in [1.807, 2.05) is 36.4 Å². The second kappa shape index (κ2) is 8.25. The molecule has 2 aromatic carbocycles. The van der Waals surface area contributed by atoms with E-state index in [1.165, 1.54) is 19.4 Å². The molecule has 1 aliphatic rings. The van der Waals surface area contributed by atoms with Crippen LogP contribution in [0.3, 0.4) is 0 Å². The maximum atomic E-state index is 10.1. The first kappa shape index (κ1) is 18.8. The van der Waals surface area contributed by atoms with Gasteiger partial charge in [-0.15, -0.1) is 0 Å². The summed E-state index contributed by atoms with van der Waals surface area (Å²) in [5.74, 6) is 1.53. The number of rotatable bonds is 5. The monoisotopic (exact) mass is 397 g/mol. The summed E-state index contributed by atoms with van der Waals surface area (Å²) in [5, 5.41) is 11.6. The van der Waals surface area contributed by atoms with Crippen LogP contribution >= 0.6 is 11.6 Å². The minimum absolute atomic E-state index is 0.0819. The van der Waals surface area contributed by atoms with E-state index in [2.05, 4.69) is 21.9 Å². The number of aromatic hydroxyl groups is 1. The summed E-state index contributed by atoms with van der Waals surface area (Å²) >= 11 is 6.07. The smallest absolute Gasteiger partial charge is 0.198 e. The van der Waals surface area contributed by atoms with Crippen molar-refractivity contribution in [3.05, 3.63) is 53.1 Å². The van der Waals surface area contributed by atoms with E-state index in [-0.39, 0.29) is 5.88 Å². The van der Waals surface area contributed by atoms with Crippen molar-refractivity contribution in [1.29, 1.82) is 0 Å². The third-order valence-corrected chi connectivity index (χ3v) is 5.40. The Morgan fingerprint density at radius 1 is 1.29 bits per heavy atom. The van der Waals surface area contributed by atoms with Crippen LogP contribution < -0.4 is 4.74 Å². The minimum Gasteiger partial charge on any atom is -0.494 e. The van der Waals surface area contributed by atoms with Crippen molar-refractivity contribution in [2.24, 2.45) is 10.9 Å². The molecule has 146 valence electrons. The number of aromatic nitrogens is 1. The molecule has 1 fully saturated rings. The number of hydrogen-bond acceptors (Lipinski definition) is 4. The Morgan fingerprint density at radius 2 is 2.11 bits per heavy atom. The number of halogens is 1. The highest BCUT2D eigenvalue weighted by molar-refractivity contribution is 6.31. The zero-order valence-corrected chi connectivity index (χ0v) is 16.6. The Hall–Kier alpha value is -2.50. The molecule has 0 bridgehead atoms. The lowest BCUT2D eigenvalue weighted by Gasteiger charge is -2.29. The highest BCUT2D eigenvalue weighted by atomic mass is 35.5. The predicted octanol–water partition coefficient (Wildman–Crippen LogP) is 5.00. The van der Waals surface area contributed by atoms with Gasteiger partial charge in [-0.2, -0.15) is 0 Å². The molecule has 2 N–H and O–H groups in total. The number of nitrogens with zero attached hydrogens (tertiary/aromatic N) is 2. The van der Waals surface area contributed by atoms with Crippen molar-refractivity contribution in [1.82, 2.24) is 9.88 Å². The summed E-state index contributed by atoms with van der Waals surface area (Å²) in [6, 6.07) is 13.1. The maximum absolute atomic E-state index is 10.1. The number of fused-ring (bicyclic) bond motifs is 1. The number of piperidine rings is 1. The Morgan fingerprint density at radius 3 is 2.89 bits per heavy atom. The summed E-state index contributed by atoms with van der Waals surface area (Å²) in [5.41, 5.74) is 2.24. The lowest BCUT2D eigenvalue weighted by molar-refractivity contribution is 0.150. The molecule has 0 amide bonds. The Bertz CT molecular complexity index is 981. The van der Waals surface area contributed by atoms with E-state index >= 15 is 0 Å². The number of H-pyrrole nitrogens is 1. The lowest BCUT2D eigenvalue weighted by atomic mass is 10.00. The predicted molar refractivity (Wildman–Crippen MR) is 114 cm³/mol. The van der Waals surface area contributed by atoms with Crippen molar-refractivity contribution >= 4 is 34.4 Å².